The summed E-state index contributed by atoms with van der Waals surface area (Å²) in [6, 6.07) is 6.78. The molecule has 0 amide bonds. The van der Waals surface area contributed by atoms with Gasteiger partial charge in [-0.25, -0.2) is 9.07 Å². The highest BCUT2D eigenvalue weighted by Gasteiger charge is 2.23. The number of likely N-dealkylation sites (tertiary alicyclic amines) is 1. The molecule has 0 spiro atoms. The van der Waals surface area contributed by atoms with Crippen LogP contribution in [0.1, 0.15) is 30.6 Å². The lowest BCUT2D eigenvalue weighted by atomic mass is 10.0. The highest BCUT2D eigenvalue weighted by molar-refractivity contribution is 5.20. The van der Waals surface area contributed by atoms with Gasteiger partial charge in [-0.15, -0.1) is 5.10 Å². The van der Waals surface area contributed by atoms with Crippen LogP contribution in [-0.4, -0.2) is 44.6 Å². The fraction of sp³-hybridized carbons (Fsp3) is 0.467. The number of aromatic nitrogens is 3. The molecule has 1 aliphatic heterocycles. The third-order valence-electron chi connectivity index (χ3n) is 4.07. The second-order valence-electron chi connectivity index (χ2n) is 5.45. The van der Waals surface area contributed by atoms with Gasteiger partial charge in [-0.1, -0.05) is 23.4 Å². The molecule has 0 saturated carbocycles. The van der Waals surface area contributed by atoms with Crippen molar-refractivity contribution in [2.75, 3.05) is 19.6 Å². The van der Waals surface area contributed by atoms with E-state index in [9.17, 15) is 9.50 Å². The number of nitrogens with zero attached hydrogens (tertiary/aromatic N) is 4. The molecule has 0 radical (unpaired) electrons. The predicted octanol–water partition coefficient (Wildman–Crippen LogP) is 1.79. The lowest BCUT2D eigenvalue weighted by Crippen LogP contribution is -2.37. The summed E-state index contributed by atoms with van der Waals surface area (Å²) in [7, 11) is 0. The quantitative estimate of drug-likeness (QED) is 0.932. The van der Waals surface area contributed by atoms with Gasteiger partial charge in [-0.05, 0) is 18.9 Å². The number of aliphatic hydroxyl groups excluding tert-OH is 1. The Labute approximate surface area is 123 Å². The molecule has 0 bridgehead atoms. The zero-order valence-electron chi connectivity index (χ0n) is 11.8. The number of piperidine rings is 1. The summed E-state index contributed by atoms with van der Waals surface area (Å²) in [5.41, 5.74) is 0.371. The summed E-state index contributed by atoms with van der Waals surface area (Å²) in [4.78, 5) is 2.17. The van der Waals surface area contributed by atoms with Crippen LogP contribution in [-0.2, 0) is 0 Å². The third kappa shape index (κ3) is 3.28. The van der Waals surface area contributed by atoms with E-state index >= 15 is 0 Å². The van der Waals surface area contributed by atoms with Gasteiger partial charge in [-0.2, -0.15) is 0 Å². The van der Waals surface area contributed by atoms with Gasteiger partial charge in [0.15, 0.2) is 0 Å². The molecule has 1 aromatic carbocycles. The Balaban J connectivity index is 1.55. The Morgan fingerprint density at radius 1 is 1.29 bits per heavy atom. The van der Waals surface area contributed by atoms with Crippen molar-refractivity contribution in [3.8, 4) is 0 Å². The molecule has 21 heavy (non-hydrogen) atoms. The van der Waals surface area contributed by atoms with Gasteiger partial charge >= 0.3 is 0 Å². The van der Waals surface area contributed by atoms with Gasteiger partial charge in [0, 0.05) is 31.4 Å². The number of hydrogen-bond donors (Lipinski definition) is 1. The molecule has 1 saturated heterocycles. The summed E-state index contributed by atoms with van der Waals surface area (Å²) >= 11 is 0. The average Bonchev–Trinajstić information content (AvgIpc) is 3.02. The van der Waals surface area contributed by atoms with Crippen LogP contribution in [0.25, 0.3) is 0 Å². The minimum atomic E-state index is -0.783. The molecule has 112 valence electrons. The smallest absolute Gasteiger partial charge is 0.129 e. The number of halogens is 1. The van der Waals surface area contributed by atoms with E-state index in [4.69, 9.17) is 0 Å². The fourth-order valence-electron chi connectivity index (χ4n) is 2.87. The number of rotatable bonds is 4. The van der Waals surface area contributed by atoms with Gasteiger partial charge in [0.05, 0.1) is 18.3 Å². The highest BCUT2D eigenvalue weighted by atomic mass is 19.1. The second kappa shape index (κ2) is 6.32. The monoisotopic (exact) mass is 290 g/mol. The number of hydrogen-bond acceptors (Lipinski definition) is 4. The summed E-state index contributed by atoms with van der Waals surface area (Å²) in [5.74, 6) is -0.345. The zero-order chi connectivity index (χ0) is 14.7. The van der Waals surface area contributed by atoms with Crippen molar-refractivity contribution < 1.29 is 9.50 Å². The maximum Gasteiger partial charge on any atom is 0.129 e. The highest BCUT2D eigenvalue weighted by Crippen LogP contribution is 2.24. The van der Waals surface area contributed by atoms with Gasteiger partial charge in [0.25, 0.3) is 0 Å². The van der Waals surface area contributed by atoms with Crippen molar-refractivity contribution in [3.63, 3.8) is 0 Å². The molecular formula is C15H19FN4O. The largest absolute Gasteiger partial charge is 0.387 e. The average molecular weight is 290 g/mol. The van der Waals surface area contributed by atoms with Crippen molar-refractivity contribution in [3.05, 3.63) is 48.0 Å². The summed E-state index contributed by atoms with van der Waals surface area (Å²) < 4.78 is 15.5. The molecular weight excluding hydrogens is 271 g/mol. The fourth-order valence-corrected chi connectivity index (χ4v) is 2.87. The first-order valence-corrected chi connectivity index (χ1v) is 7.24. The van der Waals surface area contributed by atoms with Crippen LogP contribution in [0.3, 0.4) is 0 Å². The van der Waals surface area contributed by atoms with Crippen molar-refractivity contribution >= 4 is 0 Å². The van der Waals surface area contributed by atoms with E-state index < -0.39 is 6.10 Å². The summed E-state index contributed by atoms with van der Waals surface area (Å²) in [6.07, 6.45) is 4.72. The minimum absolute atomic E-state index is 0.345. The van der Waals surface area contributed by atoms with Crippen LogP contribution in [0.5, 0.6) is 0 Å². The maximum absolute atomic E-state index is 13.6. The standard InChI is InChI=1S/C15H19FN4O/c16-14-4-2-1-3-13(14)15(21)11-19-8-5-12(6-9-19)20-10-7-17-18-20/h1-4,7,10,12,15,21H,5-6,8-9,11H2/t15-/m0/s1. The molecule has 1 fully saturated rings. The van der Waals surface area contributed by atoms with Crippen molar-refractivity contribution in [1.82, 2.24) is 19.9 Å². The molecule has 0 aliphatic carbocycles. The first-order valence-electron chi connectivity index (χ1n) is 7.24. The number of aliphatic hydroxyl groups is 1. The topological polar surface area (TPSA) is 54.2 Å². The van der Waals surface area contributed by atoms with Crippen LogP contribution in [0.4, 0.5) is 4.39 Å². The number of β-amino-alcohol motifs (C(OH)–C–C–N with tert-alkyl or cyclic N) is 1. The molecule has 6 heteroatoms. The van der Waals surface area contributed by atoms with E-state index in [2.05, 4.69) is 15.2 Å². The Morgan fingerprint density at radius 2 is 2.05 bits per heavy atom. The molecule has 1 atom stereocenters. The molecule has 2 aromatic rings. The predicted molar refractivity (Wildman–Crippen MR) is 76.1 cm³/mol. The Bertz CT molecular complexity index is 567. The van der Waals surface area contributed by atoms with Crippen LogP contribution in [0.2, 0.25) is 0 Å². The normalized spacial score (nSPS) is 18.8. The van der Waals surface area contributed by atoms with Crippen molar-refractivity contribution in [1.29, 1.82) is 0 Å². The first kappa shape index (κ1) is 14.2. The SMILES string of the molecule is O[C@@H](CN1CCC(n2ccnn2)CC1)c1ccccc1F. The van der Waals surface area contributed by atoms with E-state index in [-0.39, 0.29) is 5.82 Å². The Morgan fingerprint density at radius 3 is 2.71 bits per heavy atom. The lowest BCUT2D eigenvalue weighted by Gasteiger charge is -2.33. The molecule has 2 heterocycles. The molecule has 0 unspecified atom stereocenters. The third-order valence-corrected chi connectivity index (χ3v) is 4.07. The Hall–Kier alpha value is -1.79. The summed E-state index contributed by atoms with van der Waals surface area (Å²) in [5, 5.41) is 18.1. The van der Waals surface area contributed by atoms with E-state index in [0.29, 0.717) is 18.2 Å². The molecule has 1 N–H and O–H groups in total. The van der Waals surface area contributed by atoms with Crippen LogP contribution >= 0.6 is 0 Å². The minimum Gasteiger partial charge on any atom is -0.387 e. The maximum atomic E-state index is 13.6. The molecule has 1 aromatic heterocycles. The molecule has 1 aliphatic rings. The van der Waals surface area contributed by atoms with Gasteiger partial charge in [0.1, 0.15) is 5.82 Å². The van der Waals surface area contributed by atoms with Crippen LogP contribution < -0.4 is 0 Å². The van der Waals surface area contributed by atoms with Gasteiger partial charge < -0.3 is 10.0 Å². The van der Waals surface area contributed by atoms with Crippen molar-refractivity contribution in [2.45, 2.75) is 25.0 Å². The molecule has 3 rings (SSSR count). The van der Waals surface area contributed by atoms with Gasteiger partial charge in [-0.3, -0.25) is 0 Å². The van der Waals surface area contributed by atoms with E-state index in [1.165, 1.54) is 6.07 Å². The zero-order valence-corrected chi connectivity index (χ0v) is 11.8. The second-order valence-corrected chi connectivity index (χ2v) is 5.45. The van der Waals surface area contributed by atoms with Gasteiger partial charge in [0.2, 0.25) is 0 Å². The van der Waals surface area contributed by atoms with Crippen LogP contribution in [0, 0.1) is 5.82 Å². The van der Waals surface area contributed by atoms with Crippen molar-refractivity contribution in [2.24, 2.45) is 0 Å². The Kier molecular flexibility index (Phi) is 4.26. The lowest BCUT2D eigenvalue weighted by molar-refractivity contribution is 0.0865. The van der Waals surface area contributed by atoms with E-state index in [1.54, 1.807) is 24.4 Å². The first-order chi connectivity index (χ1) is 10.2. The number of benzene rings is 1. The van der Waals surface area contributed by atoms with E-state index in [0.717, 1.165) is 25.9 Å². The summed E-state index contributed by atoms with van der Waals surface area (Å²) in [6.45, 7) is 2.21. The molecule has 5 nitrogen and oxygen atoms in total. The van der Waals surface area contributed by atoms with E-state index in [1.807, 2.05) is 10.9 Å². The van der Waals surface area contributed by atoms with Crippen LogP contribution in [0.15, 0.2) is 36.7 Å².